The lowest BCUT2D eigenvalue weighted by atomic mass is 10.1. The maximum atomic E-state index is 5.93. The number of fused-ring (bicyclic) bond motifs is 1. The molecule has 0 bridgehead atoms. The van der Waals surface area contributed by atoms with Crippen molar-refractivity contribution in [1.29, 1.82) is 0 Å². The number of nitrogens with two attached hydrogens (primary N) is 1. The number of nitrogens with zero attached hydrogens (tertiary/aromatic N) is 3. The molecule has 19 heavy (non-hydrogen) atoms. The van der Waals surface area contributed by atoms with Crippen LogP contribution in [-0.2, 0) is 13.6 Å². The zero-order valence-corrected chi connectivity index (χ0v) is 10.7. The number of hydrogen-bond acceptors (Lipinski definition) is 4. The van der Waals surface area contributed by atoms with Crippen molar-refractivity contribution in [2.24, 2.45) is 7.05 Å². The summed E-state index contributed by atoms with van der Waals surface area (Å²) >= 11 is 0. The van der Waals surface area contributed by atoms with Crippen LogP contribution in [0.2, 0.25) is 0 Å². The van der Waals surface area contributed by atoms with Crippen LogP contribution in [0.25, 0.3) is 10.9 Å². The van der Waals surface area contributed by atoms with Gasteiger partial charge in [-0.1, -0.05) is 12.1 Å². The lowest BCUT2D eigenvalue weighted by Crippen LogP contribution is -2.00. The van der Waals surface area contributed by atoms with E-state index in [1.807, 2.05) is 43.7 Å². The summed E-state index contributed by atoms with van der Waals surface area (Å²) in [5, 5.41) is 8.58. The first kappa shape index (κ1) is 11.5. The fraction of sp³-hybridized carbons (Fsp3) is 0.143. The van der Waals surface area contributed by atoms with Gasteiger partial charge in [0.15, 0.2) is 0 Å². The van der Waals surface area contributed by atoms with Crippen molar-refractivity contribution in [3.8, 4) is 0 Å². The first-order valence-electron chi connectivity index (χ1n) is 6.08. The van der Waals surface area contributed by atoms with E-state index in [-0.39, 0.29) is 0 Å². The summed E-state index contributed by atoms with van der Waals surface area (Å²) in [7, 11) is 1.91. The van der Waals surface area contributed by atoms with Gasteiger partial charge in [-0.15, -0.1) is 0 Å². The van der Waals surface area contributed by atoms with Gasteiger partial charge in [0.25, 0.3) is 0 Å². The summed E-state index contributed by atoms with van der Waals surface area (Å²) in [5.41, 5.74) is 9.63. The minimum Gasteiger partial charge on any atom is -0.397 e. The quantitative estimate of drug-likeness (QED) is 0.702. The predicted molar refractivity (Wildman–Crippen MR) is 76.7 cm³/mol. The molecule has 0 atom stereocenters. The fourth-order valence-corrected chi connectivity index (χ4v) is 2.11. The SMILES string of the molecule is Cn1cc(CNc2ccnc3c(N)cccc23)cn1. The van der Waals surface area contributed by atoms with Crippen molar-refractivity contribution < 1.29 is 0 Å². The molecule has 5 heteroatoms. The highest BCUT2D eigenvalue weighted by Gasteiger charge is 2.04. The first-order chi connectivity index (χ1) is 9.24. The Morgan fingerprint density at radius 1 is 1.32 bits per heavy atom. The molecule has 5 nitrogen and oxygen atoms in total. The van der Waals surface area contributed by atoms with E-state index in [1.165, 1.54) is 0 Å². The Morgan fingerprint density at radius 2 is 2.21 bits per heavy atom. The Hall–Kier alpha value is -2.56. The van der Waals surface area contributed by atoms with Crippen LogP contribution < -0.4 is 11.1 Å². The van der Waals surface area contributed by atoms with Crippen molar-refractivity contribution in [2.45, 2.75) is 6.54 Å². The number of nitrogens with one attached hydrogen (secondary N) is 1. The highest BCUT2D eigenvalue weighted by atomic mass is 15.2. The summed E-state index contributed by atoms with van der Waals surface area (Å²) in [5.74, 6) is 0. The number of nitrogen functional groups attached to an aromatic ring is 1. The molecule has 96 valence electrons. The minimum atomic E-state index is 0.697. The van der Waals surface area contributed by atoms with Crippen LogP contribution in [0, 0.1) is 0 Å². The van der Waals surface area contributed by atoms with Crippen LogP contribution in [0.1, 0.15) is 5.56 Å². The summed E-state index contributed by atoms with van der Waals surface area (Å²) in [6.07, 6.45) is 5.61. The maximum absolute atomic E-state index is 5.93. The second-order valence-electron chi connectivity index (χ2n) is 4.48. The van der Waals surface area contributed by atoms with Gasteiger partial charge in [-0.2, -0.15) is 5.10 Å². The van der Waals surface area contributed by atoms with Crippen molar-refractivity contribution >= 4 is 22.3 Å². The molecular weight excluding hydrogens is 238 g/mol. The van der Waals surface area contributed by atoms with Crippen LogP contribution in [0.3, 0.4) is 0 Å². The number of pyridine rings is 1. The van der Waals surface area contributed by atoms with Crippen molar-refractivity contribution in [1.82, 2.24) is 14.8 Å². The van der Waals surface area contributed by atoms with E-state index in [0.717, 1.165) is 28.7 Å². The molecule has 3 rings (SSSR count). The van der Waals surface area contributed by atoms with Gasteiger partial charge in [0.05, 0.1) is 17.4 Å². The summed E-state index contributed by atoms with van der Waals surface area (Å²) in [4.78, 5) is 4.32. The Morgan fingerprint density at radius 3 is 3.00 bits per heavy atom. The van der Waals surface area contributed by atoms with E-state index in [0.29, 0.717) is 5.69 Å². The maximum Gasteiger partial charge on any atom is 0.0951 e. The molecule has 0 fully saturated rings. The van der Waals surface area contributed by atoms with E-state index in [2.05, 4.69) is 15.4 Å². The number of hydrogen-bond donors (Lipinski definition) is 2. The number of para-hydroxylation sites is 1. The highest BCUT2D eigenvalue weighted by molar-refractivity contribution is 5.97. The van der Waals surface area contributed by atoms with Crippen LogP contribution >= 0.6 is 0 Å². The topological polar surface area (TPSA) is 68.8 Å². The molecule has 0 amide bonds. The molecule has 2 aromatic heterocycles. The summed E-state index contributed by atoms with van der Waals surface area (Å²) < 4.78 is 1.79. The molecule has 0 aliphatic heterocycles. The first-order valence-corrected chi connectivity index (χ1v) is 6.08. The standard InChI is InChI=1S/C14H15N5/c1-19-9-10(8-18-19)7-17-13-5-6-16-14-11(13)3-2-4-12(14)15/h2-6,8-9H,7,15H2,1H3,(H,16,17). The number of aromatic nitrogens is 3. The van der Waals surface area contributed by atoms with Crippen LogP contribution in [0.15, 0.2) is 42.9 Å². The van der Waals surface area contributed by atoms with E-state index < -0.39 is 0 Å². The van der Waals surface area contributed by atoms with Gasteiger partial charge in [0.2, 0.25) is 0 Å². The molecule has 2 heterocycles. The summed E-state index contributed by atoms with van der Waals surface area (Å²) in [6.45, 7) is 0.724. The molecule has 0 unspecified atom stereocenters. The molecule has 3 N–H and O–H groups in total. The van der Waals surface area contributed by atoms with Gasteiger partial charge in [-0.3, -0.25) is 9.67 Å². The van der Waals surface area contributed by atoms with E-state index in [4.69, 9.17) is 5.73 Å². The number of rotatable bonds is 3. The molecule has 0 radical (unpaired) electrons. The van der Waals surface area contributed by atoms with E-state index in [1.54, 1.807) is 10.9 Å². The average molecular weight is 253 g/mol. The third-order valence-electron chi connectivity index (χ3n) is 3.04. The number of aryl methyl sites for hydroxylation is 1. The molecule has 0 saturated carbocycles. The molecular formula is C14H15N5. The zero-order chi connectivity index (χ0) is 13.2. The third kappa shape index (κ3) is 2.22. The van der Waals surface area contributed by atoms with Crippen LogP contribution in [-0.4, -0.2) is 14.8 Å². The largest absolute Gasteiger partial charge is 0.397 e. The van der Waals surface area contributed by atoms with Gasteiger partial charge in [-0.05, 0) is 12.1 Å². The molecule has 0 aliphatic rings. The molecule has 0 spiro atoms. The van der Waals surface area contributed by atoms with Gasteiger partial charge in [0, 0.05) is 42.6 Å². The van der Waals surface area contributed by atoms with Gasteiger partial charge < -0.3 is 11.1 Å². The number of anilines is 2. The van der Waals surface area contributed by atoms with Gasteiger partial charge in [0.1, 0.15) is 0 Å². The summed E-state index contributed by atoms with van der Waals surface area (Å²) in [6, 6.07) is 7.78. The van der Waals surface area contributed by atoms with Crippen molar-refractivity contribution in [2.75, 3.05) is 11.1 Å². The molecule has 3 aromatic rings. The molecule has 1 aromatic carbocycles. The van der Waals surface area contributed by atoms with Gasteiger partial charge in [-0.25, -0.2) is 0 Å². The predicted octanol–water partition coefficient (Wildman–Crippen LogP) is 2.16. The third-order valence-corrected chi connectivity index (χ3v) is 3.04. The smallest absolute Gasteiger partial charge is 0.0951 e. The zero-order valence-electron chi connectivity index (χ0n) is 10.7. The lowest BCUT2D eigenvalue weighted by Gasteiger charge is -2.09. The molecule has 0 saturated heterocycles. The Balaban J connectivity index is 1.91. The second kappa shape index (κ2) is 4.61. The molecule has 0 aliphatic carbocycles. The van der Waals surface area contributed by atoms with Gasteiger partial charge >= 0.3 is 0 Å². The second-order valence-corrected chi connectivity index (χ2v) is 4.48. The van der Waals surface area contributed by atoms with E-state index >= 15 is 0 Å². The fourth-order valence-electron chi connectivity index (χ4n) is 2.11. The van der Waals surface area contributed by atoms with Crippen molar-refractivity contribution in [3.63, 3.8) is 0 Å². The number of benzene rings is 1. The monoisotopic (exact) mass is 253 g/mol. The van der Waals surface area contributed by atoms with E-state index in [9.17, 15) is 0 Å². The minimum absolute atomic E-state index is 0.697. The normalized spacial score (nSPS) is 10.8. The Labute approximate surface area is 111 Å². The van der Waals surface area contributed by atoms with Crippen LogP contribution in [0.4, 0.5) is 11.4 Å². The highest BCUT2D eigenvalue weighted by Crippen LogP contribution is 2.25. The Kier molecular flexibility index (Phi) is 2.79. The Bertz CT molecular complexity index is 717. The van der Waals surface area contributed by atoms with Crippen molar-refractivity contribution in [3.05, 3.63) is 48.4 Å². The van der Waals surface area contributed by atoms with Crippen LogP contribution in [0.5, 0.6) is 0 Å². The average Bonchev–Trinajstić information content (AvgIpc) is 2.83. The lowest BCUT2D eigenvalue weighted by molar-refractivity contribution is 0.767.